The summed E-state index contributed by atoms with van der Waals surface area (Å²) in [5, 5.41) is 0. The Labute approximate surface area is 146 Å². The summed E-state index contributed by atoms with van der Waals surface area (Å²) >= 11 is 0. The van der Waals surface area contributed by atoms with E-state index in [0.717, 1.165) is 23.4 Å². The van der Waals surface area contributed by atoms with Crippen molar-refractivity contribution in [1.82, 2.24) is 14.9 Å². The van der Waals surface area contributed by atoms with Crippen LogP contribution in [-0.4, -0.2) is 40.2 Å². The van der Waals surface area contributed by atoms with E-state index < -0.39 is 12.3 Å². The van der Waals surface area contributed by atoms with Crippen molar-refractivity contribution in [2.24, 2.45) is 0 Å². The number of benzene rings is 2. The van der Waals surface area contributed by atoms with E-state index in [9.17, 15) is 4.39 Å². The molecule has 2 unspecified atom stereocenters. The first-order valence-corrected chi connectivity index (χ1v) is 8.64. The molecule has 25 heavy (non-hydrogen) atoms. The van der Waals surface area contributed by atoms with Crippen LogP contribution in [0.1, 0.15) is 17.0 Å². The van der Waals surface area contributed by atoms with Crippen LogP contribution in [0.2, 0.25) is 0 Å². The van der Waals surface area contributed by atoms with Crippen molar-refractivity contribution < 1.29 is 9.13 Å². The van der Waals surface area contributed by atoms with E-state index in [0.29, 0.717) is 19.7 Å². The van der Waals surface area contributed by atoms with Gasteiger partial charge in [-0.05, 0) is 30.2 Å². The van der Waals surface area contributed by atoms with E-state index in [1.807, 2.05) is 37.3 Å². The van der Waals surface area contributed by atoms with Gasteiger partial charge in [0.25, 0.3) is 0 Å². The van der Waals surface area contributed by atoms with Crippen LogP contribution >= 0.6 is 0 Å². The molecule has 1 saturated heterocycles. The summed E-state index contributed by atoms with van der Waals surface area (Å²) in [5.74, 6) is 0.745. The van der Waals surface area contributed by atoms with Crippen LogP contribution < -0.4 is 0 Å². The number of hydrogen-bond donors (Lipinski definition) is 1. The van der Waals surface area contributed by atoms with Crippen molar-refractivity contribution in [3.63, 3.8) is 0 Å². The minimum absolute atomic E-state index is 0.304. The lowest BCUT2D eigenvalue weighted by molar-refractivity contribution is 0.00864. The van der Waals surface area contributed by atoms with Crippen molar-refractivity contribution in [2.45, 2.75) is 32.4 Å². The second-order valence-corrected chi connectivity index (χ2v) is 6.75. The molecule has 4 nitrogen and oxygen atoms in total. The Morgan fingerprint density at radius 3 is 2.88 bits per heavy atom. The minimum atomic E-state index is -0.963. The molecule has 0 bridgehead atoms. The number of imidazole rings is 1. The van der Waals surface area contributed by atoms with Gasteiger partial charge in [-0.3, -0.25) is 4.90 Å². The fourth-order valence-corrected chi connectivity index (χ4v) is 3.37. The normalized spacial score (nSPS) is 21.2. The Hall–Kier alpha value is -2.24. The van der Waals surface area contributed by atoms with Crippen LogP contribution in [-0.2, 0) is 17.9 Å². The lowest BCUT2D eigenvalue weighted by Crippen LogP contribution is -2.24. The fourth-order valence-electron chi connectivity index (χ4n) is 3.37. The number of fused-ring (bicyclic) bond motifs is 1. The van der Waals surface area contributed by atoms with Crippen molar-refractivity contribution >= 4 is 11.0 Å². The summed E-state index contributed by atoms with van der Waals surface area (Å²) in [6, 6.07) is 16.2. The number of H-pyrrole nitrogens is 1. The highest BCUT2D eigenvalue weighted by Gasteiger charge is 2.33. The zero-order valence-electron chi connectivity index (χ0n) is 14.3. The number of aromatic nitrogens is 2. The van der Waals surface area contributed by atoms with Gasteiger partial charge in [-0.15, -0.1) is 0 Å². The summed E-state index contributed by atoms with van der Waals surface area (Å²) < 4.78 is 20.1. The maximum atomic E-state index is 14.3. The molecule has 0 spiro atoms. The molecule has 5 heteroatoms. The van der Waals surface area contributed by atoms with Crippen molar-refractivity contribution in [3.8, 4) is 0 Å². The lowest BCUT2D eigenvalue weighted by Gasteiger charge is -2.15. The Kier molecular flexibility index (Phi) is 4.51. The summed E-state index contributed by atoms with van der Waals surface area (Å²) in [5.41, 5.74) is 4.29. The minimum Gasteiger partial charge on any atom is -0.366 e. The van der Waals surface area contributed by atoms with E-state index in [2.05, 4.69) is 33.1 Å². The number of aryl methyl sites for hydroxylation is 1. The molecule has 3 aromatic rings. The monoisotopic (exact) mass is 339 g/mol. The topological polar surface area (TPSA) is 41.1 Å². The van der Waals surface area contributed by atoms with Crippen molar-refractivity contribution in [2.75, 3.05) is 13.1 Å². The summed E-state index contributed by atoms with van der Waals surface area (Å²) in [6.07, 6.45) is -1.37. The summed E-state index contributed by atoms with van der Waals surface area (Å²) in [7, 11) is 0. The highest BCUT2D eigenvalue weighted by molar-refractivity contribution is 5.75. The van der Waals surface area contributed by atoms with Crippen LogP contribution in [0.3, 0.4) is 0 Å². The van der Waals surface area contributed by atoms with Gasteiger partial charge in [0.15, 0.2) is 0 Å². The Bertz CT molecular complexity index is 849. The average Bonchev–Trinajstić information content (AvgIpc) is 3.16. The SMILES string of the molecule is Cc1ccc2nc(COC3CN(Cc4ccccc4)CC3F)[nH]c2c1. The number of alkyl halides is 1. The van der Waals surface area contributed by atoms with Crippen molar-refractivity contribution in [3.05, 3.63) is 65.5 Å². The van der Waals surface area contributed by atoms with Crippen LogP contribution in [0.4, 0.5) is 4.39 Å². The smallest absolute Gasteiger partial charge is 0.140 e. The van der Waals surface area contributed by atoms with Gasteiger partial charge < -0.3 is 9.72 Å². The number of nitrogens with one attached hydrogen (secondary N) is 1. The molecule has 1 N–H and O–H groups in total. The average molecular weight is 339 g/mol. The summed E-state index contributed by atoms with van der Waals surface area (Å²) in [4.78, 5) is 9.87. The van der Waals surface area contributed by atoms with Gasteiger partial charge in [0.1, 0.15) is 24.7 Å². The quantitative estimate of drug-likeness (QED) is 0.772. The van der Waals surface area contributed by atoms with Gasteiger partial charge in [-0.2, -0.15) is 0 Å². The van der Waals surface area contributed by atoms with Gasteiger partial charge >= 0.3 is 0 Å². The molecule has 0 aliphatic carbocycles. The predicted octanol–water partition coefficient (Wildman–Crippen LogP) is 3.61. The number of aromatic amines is 1. The zero-order valence-corrected chi connectivity index (χ0v) is 14.3. The van der Waals surface area contributed by atoms with Crippen molar-refractivity contribution in [1.29, 1.82) is 0 Å². The molecule has 1 aliphatic heterocycles. The molecule has 1 aromatic heterocycles. The summed E-state index contributed by atoms with van der Waals surface area (Å²) in [6.45, 7) is 4.13. The number of likely N-dealkylation sites (tertiary alicyclic amines) is 1. The third-order valence-electron chi connectivity index (χ3n) is 4.64. The molecule has 4 rings (SSSR count). The highest BCUT2D eigenvalue weighted by Crippen LogP contribution is 2.21. The second-order valence-electron chi connectivity index (χ2n) is 6.75. The molecule has 130 valence electrons. The fraction of sp³-hybridized carbons (Fsp3) is 0.350. The maximum absolute atomic E-state index is 14.3. The number of halogens is 1. The van der Waals surface area contributed by atoms with Gasteiger partial charge in [-0.1, -0.05) is 36.4 Å². The molecular formula is C20H22FN3O. The van der Waals surface area contributed by atoms with E-state index in [-0.39, 0.29) is 0 Å². The molecular weight excluding hydrogens is 317 g/mol. The van der Waals surface area contributed by atoms with Gasteiger partial charge in [0.2, 0.25) is 0 Å². The van der Waals surface area contributed by atoms with E-state index >= 15 is 0 Å². The standard InChI is InChI=1S/C20H22FN3O/c1-14-7-8-17-18(9-14)23-20(22-17)13-25-19-12-24(11-16(19)21)10-15-5-3-2-4-6-15/h2-9,16,19H,10-13H2,1H3,(H,22,23). The van der Waals surface area contributed by atoms with Crippen LogP contribution in [0.5, 0.6) is 0 Å². The third-order valence-corrected chi connectivity index (χ3v) is 4.64. The zero-order chi connectivity index (χ0) is 17.2. The van der Waals surface area contributed by atoms with E-state index in [1.165, 1.54) is 11.1 Å². The Morgan fingerprint density at radius 1 is 1.20 bits per heavy atom. The molecule has 0 saturated carbocycles. The second kappa shape index (κ2) is 6.94. The largest absolute Gasteiger partial charge is 0.366 e. The van der Waals surface area contributed by atoms with Gasteiger partial charge in [0.05, 0.1) is 11.0 Å². The van der Waals surface area contributed by atoms with Gasteiger partial charge in [-0.25, -0.2) is 9.37 Å². The lowest BCUT2D eigenvalue weighted by atomic mass is 10.2. The third kappa shape index (κ3) is 3.72. The number of hydrogen-bond acceptors (Lipinski definition) is 3. The van der Waals surface area contributed by atoms with Crippen LogP contribution in [0.25, 0.3) is 11.0 Å². The Morgan fingerprint density at radius 2 is 2.04 bits per heavy atom. The first-order chi connectivity index (χ1) is 12.2. The molecule has 2 aromatic carbocycles. The number of nitrogens with zero attached hydrogens (tertiary/aromatic N) is 2. The molecule has 2 heterocycles. The molecule has 1 aliphatic rings. The first-order valence-electron chi connectivity index (χ1n) is 8.64. The number of ether oxygens (including phenoxy) is 1. The predicted molar refractivity (Wildman–Crippen MR) is 96.0 cm³/mol. The van der Waals surface area contributed by atoms with Crippen LogP contribution in [0.15, 0.2) is 48.5 Å². The van der Waals surface area contributed by atoms with E-state index in [1.54, 1.807) is 0 Å². The first kappa shape index (κ1) is 16.2. The Balaban J connectivity index is 1.35. The van der Waals surface area contributed by atoms with E-state index in [4.69, 9.17) is 4.74 Å². The maximum Gasteiger partial charge on any atom is 0.140 e. The molecule has 1 fully saturated rings. The van der Waals surface area contributed by atoms with Crippen LogP contribution in [0, 0.1) is 6.92 Å². The molecule has 2 atom stereocenters. The number of rotatable bonds is 5. The highest BCUT2D eigenvalue weighted by atomic mass is 19.1. The molecule has 0 amide bonds. The molecule has 0 radical (unpaired) electrons. The van der Waals surface area contributed by atoms with Gasteiger partial charge in [0, 0.05) is 19.6 Å².